The van der Waals surface area contributed by atoms with Crippen molar-refractivity contribution in [3.8, 4) is 16.9 Å². The van der Waals surface area contributed by atoms with Gasteiger partial charge in [-0.3, -0.25) is 4.79 Å². The average molecular weight is 543 g/mol. The van der Waals surface area contributed by atoms with Crippen LogP contribution >= 0.6 is 24.0 Å². The van der Waals surface area contributed by atoms with Crippen LogP contribution in [0.15, 0.2) is 60.9 Å². The first-order valence-corrected chi connectivity index (χ1v) is 11.7. The number of piperazine rings is 1. The number of aliphatic carboxylic acids is 1. The van der Waals surface area contributed by atoms with Crippen molar-refractivity contribution in [3.05, 3.63) is 71.6 Å². The van der Waals surface area contributed by atoms with E-state index >= 15 is 0 Å². The summed E-state index contributed by atoms with van der Waals surface area (Å²) in [7, 11) is 0. The number of fused-ring (bicyclic) bond motifs is 1. The molecule has 0 saturated carbocycles. The number of benzene rings is 2. The SMILES string of the molecule is Cl.O=C(O)COc1ccc(NC(=O)c2ccn3ncc(-c4cccc(Cl)c4)c3n2)c(N2CCNCC2)c1. The van der Waals surface area contributed by atoms with E-state index < -0.39 is 12.6 Å². The third-order valence-corrected chi connectivity index (χ3v) is 6.01. The fourth-order valence-electron chi connectivity index (χ4n) is 4.06. The van der Waals surface area contributed by atoms with Gasteiger partial charge in [0.2, 0.25) is 0 Å². The van der Waals surface area contributed by atoms with Crippen LogP contribution < -0.4 is 20.3 Å². The molecule has 37 heavy (non-hydrogen) atoms. The molecule has 2 aromatic carbocycles. The molecule has 0 bridgehead atoms. The summed E-state index contributed by atoms with van der Waals surface area (Å²) >= 11 is 6.15. The number of carboxylic acids is 1. The lowest BCUT2D eigenvalue weighted by atomic mass is 10.1. The first kappa shape index (κ1) is 26.2. The van der Waals surface area contributed by atoms with Crippen molar-refractivity contribution in [1.29, 1.82) is 0 Å². The number of nitrogens with zero attached hydrogens (tertiary/aromatic N) is 4. The zero-order valence-corrected chi connectivity index (χ0v) is 21.1. The van der Waals surface area contributed by atoms with Gasteiger partial charge in [0.05, 0.1) is 17.6 Å². The Bertz CT molecular complexity index is 1440. The molecule has 1 aliphatic rings. The van der Waals surface area contributed by atoms with Gasteiger partial charge >= 0.3 is 5.97 Å². The van der Waals surface area contributed by atoms with E-state index in [4.69, 9.17) is 21.4 Å². The molecule has 12 heteroatoms. The fraction of sp³-hybridized carbons (Fsp3) is 0.200. The van der Waals surface area contributed by atoms with Crippen LogP contribution in [0.4, 0.5) is 11.4 Å². The van der Waals surface area contributed by atoms with E-state index in [1.54, 1.807) is 47.2 Å². The molecule has 0 radical (unpaired) electrons. The normalized spacial score (nSPS) is 13.2. The molecular weight excluding hydrogens is 519 g/mol. The number of aromatic nitrogens is 3. The molecule has 1 aliphatic heterocycles. The van der Waals surface area contributed by atoms with Crippen LogP contribution in [-0.2, 0) is 4.79 Å². The molecule has 1 amide bonds. The van der Waals surface area contributed by atoms with E-state index in [1.807, 2.05) is 18.2 Å². The first-order valence-electron chi connectivity index (χ1n) is 11.3. The zero-order chi connectivity index (χ0) is 25.1. The molecule has 0 aliphatic carbocycles. The predicted molar refractivity (Wildman–Crippen MR) is 143 cm³/mol. The molecule has 1 saturated heterocycles. The second kappa shape index (κ2) is 11.5. The zero-order valence-electron chi connectivity index (χ0n) is 19.6. The number of anilines is 2. The quantitative estimate of drug-likeness (QED) is 0.324. The average Bonchev–Trinajstić information content (AvgIpc) is 3.32. The molecule has 192 valence electrons. The highest BCUT2D eigenvalue weighted by atomic mass is 35.5. The summed E-state index contributed by atoms with van der Waals surface area (Å²) in [5.74, 6) is -1.03. The molecule has 0 atom stereocenters. The van der Waals surface area contributed by atoms with Gasteiger partial charge in [0.15, 0.2) is 12.3 Å². The van der Waals surface area contributed by atoms with E-state index in [2.05, 4.69) is 25.6 Å². The Labute approximate surface area is 223 Å². The number of nitrogens with one attached hydrogen (secondary N) is 2. The second-order valence-corrected chi connectivity index (χ2v) is 8.64. The number of carbonyl (C=O) groups is 2. The van der Waals surface area contributed by atoms with Gasteiger partial charge in [-0.2, -0.15) is 5.10 Å². The monoisotopic (exact) mass is 542 g/mol. The second-order valence-electron chi connectivity index (χ2n) is 8.20. The maximum atomic E-state index is 13.3. The Kier molecular flexibility index (Phi) is 8.12. The maximum Gasteiger partial charge on any atom is 0.341 e. The highest BCUT2D eigenvalue weighted by Crippen LogP contribution is 2.32. The third kappa shape index (κ3) is 5.93. The molecule has 2 aromatic heterocycles. The number of rotatable bonds is 7. The molecule has 10 nitrogen and oxygen atoms in total. The minimum atomic E-state index is -1.06. The Hall–Kier alpha value is -3.86. The highest BCUT2D eigenvalue weighted by molar-refractivity contribution is 6.30. The summed E-state index contributed by atoms with van der Waals surface area (Å²) in [6, 6.07) is 14.1. The van der Waals surface area contributed by atoms with Crippen LogP contribution in [0.2, 0.25) is 5.02 Å². The largest absolute Gasteiger partial charge is 0.482 e. The molecule has 0 unspecified atom stereocenters. The van der Waals surface area contributed by atoms with Crippen LogP contribution in [0, 0.1) is 0 Å². The van der Waals surface area contributed by atoms with Crippen LogP contribution in [0.5, 0.6) is 5.75 Å². The molecule has 0 spiro atoms. The topological polar surface area (TPSA) is 121 Å². The van der Waals surface area contributed by atoms with Crippen LogP contribution in [0.25, 0.3) is 16.8 Å². The van der Waals surface area contributed by atoms with Crippen molar-refractivity contribution in [2.75, 3.05) is 43.0 Å². The highest BCUT2D eigenvalue weighted by Gasteiger charge is 2.19. The number of hydrogen-bond acceptors (Lipinski definition) is 7. The van der Waals surface area contributed by atoms with Gasteiger partial charge in [0.1, 0.15) is 11.4 Å². The summed E-state index contributed by atoms with van der Waals surface area (Å²) in [5, 5.41) is 20.1. The van der Waals surface area contributed by atoms with Crippen LogP contribution in [0.1, 0.15) is 10.5 Å². The lowest BCUT2D eigenvalue weighted by Gasteiger charge is -2.31. The van der Waals surface area contributed by atoms with Gasteiger partial charge in [-0.25, -0.2) is 14.3 Å². The Balaban J connectivity index is 0.00000320. The van der Waals surface area contributed by atoms with Gasteiger partial charge in [-0.05, 0) is 35.9 Å². The molecule has 3 N–H and O–H groups in total. The van der Waals surface area contributed by atoms with Gasteiger partial charge in [-0.15, -0.1) is 12.4 Å². The summed E-state index contributed by atoms with van der Waals surface area (Å²) < 4.78 is 6.97. The number of amides is 1. The van der Waals surface area contributed by atoms with Crippen molar-refractivity contribution < 1.29 is 19.4 Å². The van der Waals surface area contributed by atoms with Gasteiger partial charge < -0.3 is 25.4 Å². The van der Waals surface area contributed by atoms with Crippen molar-refractivity contribution in [2.24, 2.45) is 0 Å². The molecule has 5 rings (SSSR count). The summed E-state index contributed by atoms with van der Waals surface area (Å²) in [4.78, 5) is 30.9. The molecule has 4 aromatic rings. The Morgan fingerprint density at radius 1 is 1.14 bits per heavy atom. The maximum absolute atomic E-state index is 13.3. The number of halogens is 2. The van der Waals surface area contributed by atoms with Crippen molar-refractivity contribution in [3.63, 3.8) is 0 Å². The Morgan fingerprint density at radius 2 is 1.95 bits per heavy atom. The van der Waals surface area contributed by atoms with Gasteiger partial charge in [0.25, 0.3) is 5.91 Å². The number of carboxylic acid groups (broad SMARTS) is 1. The number of hydrogen-bond donors (Lipinski definition) is 3. The Morgan fingerprint density at radius 3 is 2.70 bits per heavy atom. The molecule has 1 fully saturated rings. The van der Waals surface area contributed by atoms with Crippen molar-refractivity contribution in [1.82, 2.24) is 19.9 Å². The summed E-state index contributed by atoms with van der Waals surface area (Å²) in [6.45, 7) is 2.60. The third-order valence-electron chi connectivity index (χ3n) is 5.77. The van der Waals surface area contributed by atoms with Crippen molar-refractivity contribution in [2.45, 2.75) is 0 Å². The number of ether oxygens (including phenoxy) is 1. The van der Waals surface area contributed by atoms with Gasteiger partial charge in [0, 0.05) is 49.0 Å². The minimum absolute atomic E-state index is 0. The standard InChI is InChI=1S/C25H23ClN6O4.ClH/c26-17-3-1-2-16(12-17)19-14-28-32-9-6-21(29-24(19)32)25(35)30-20-5-4-18(36-15-23(33)34)13-22(20)31-10-7-27-8-11-31;/h1-6,9,12-14,27H,7-8,10-11,15H2,(H,30,35)(H,33,34);1H. The number of carbonyl (C=O) groups excluding carboxylic acids is 1. The minimum Gasteiger partial charge on any atom is -0.482 e. The molecule has 3 heterocycles. The van der Waals surface area contributed by atoms with Gasteiger partial charge in [-0.1, -0.05) is 23.7 Å². The lowest BCUT2D eigenvalue weighted by molar-refractivity contribution is -0.139. The van der Waals surface area contributed by atoms with E-state index in [1.165, 1.54) is 0 Å². The van der Waals surface area contributed by atoms with Crippen LogP contribution in [-0.4, -0.2) is 64.4 Å². The van der Waals surface area contributed by atoms with E-state index in [9.17, 15) is 9.59 Å². The van der Waals surface area contributed by atoms with E-state index in [0.717, 1.165) is 43.0 Å². The van der Waals surface area contributed by atoms with Crippen molar-refractivity contribution >= 4 is 52.9 Å². The summed E-state index contributed by atoms with van der Waals surface area (Å²) in [6.07, 6.45) is 3.37. The van der Waals surface area contributed by atoms with E-state index in [-0.39, 0.29) is 24.0 Å². The smallest absolute Gasteiger partial charge is 0.341 e. The molecular formula is C25H24Cl2N6O4. The predicted octanol–water partition coefficient (Wildman–Crippen LogP) is 3.60. The lowest BCUT2D eigenvalue weighted by Crippen LogP contribution is -2.43. The van der Waals surface area contributed by atoms with E-state index in [0.29, 0.717) is 22.1 Å². The fourth-order valence-corrected chi connectivity index (χ4v) is 4.25. The first-order chi connectivity index (χ1) is 17.5. The summed E-state index contributed by atoms with van der Waals surface area (Å²) in [5.41, 5.74) is 3.69. The van der Waals surface area contributed by atoms with Crippen LogP contribution in [0.3, 0.4) is 0 Å².